The van der Waals surface area contributed by atoms with Gasteiger partial charge in [-0.2, -0.15) is 0 Å². The van der Waals surface area contributed by atoms with Crippen molar-refractivity contribution in [3.8, 4) is 11.5 Å². The standard InChI is InChI=1S/C19H23N3O3S/c1-13-8-14(2)10-17(9-13)25-12-18(23)21-22-19(26)20-11-15-4-6-16(24-3)7-5-15/h4-10H,11-12H2,1-3H3,(H,21,23)(H2,20,22,26). The first-order valence-electron chi connectivity index (χ1n) is 8.13. The summed E-state index contributed by atoms with van der Waals surface area (Å²) in [5.74, 6) is 1.14. The van der Waals surface area contributed by atoms with Crippen LogP contribution in [0, 0.1) is 13.8 Å². The molecule has 26 heavy (non-hydrogen) atoms. The van der Waals surface area contributed by atoms with E-state index in [0.29, 0.717) is 17.4 Å². The van der Waals surface area contributed by atoms with Gasteiger partial charge in [-0.05, 0) is 67.0 Å². The van der Waals surface area contributed by atoms with Crippen LogP contribution < -0.4 is 25.6 Å². The van der Waals surface area contributed by atoms with Gasteiger partial charge < -0.3 is 14.8 Å². The minimum absolute atomic E-state index is 0.100. The van der Waals surface area contributed by atoms with Crippen LogP contribution in [0.5, 0.6) is 11.5 Å². The van der Waals surface area contributed by atoms with Gasteiger partial charge in [-0.3, -0.25) is 15.6 Å². The van der Waals surface area contributed by atoms with Crippen molar-refractivity contribution in [3.63, 3.8) is 0 Å². The van der Waals surface area contributed by atoms with Gasteiger partial charge in [0, 0.05) is 6.54 Å². The highest BCUT2D eigenvalue weighted by Crippen LogP contribution is 2.15. The Morgan fingerprint density at radius 1 is 1.00 bits per heavy atom. The zero-order valence-electron chi connectivity index (χ0n) is 15.1. The molecule has 138 valence electrons. The molecule has 0 saturated heterocycles. The van der Waals surface area contributed by atoms with E-state index >= 15 is 0 Å². The fraction of sp³-hybridized carbons (Fsp3) is 0.263. The Bertz CT molecular complexity index is 743. The SMILES string of the molecule is COc1ccc(CNC(=S)NNC(=O)COc2cc(C)cc(C)c2)cc1. The van der Waals surface area contributed by atoms with Crippen LogP contribution in [0.2, 0.25) is 0 Å². The zero-order chi connectivity index (χ0) is 18.9. The molecule has 0 aliphatic rings. The summed E-state index contributed by atoms with van der Waals surface area (Å²) in [7, 11) is 1.62. The monoisotopic (exact) mass is 373 g/mol. The van der Waals surface area contributed by atoms with Crippen molar-refractivity contribution in [3.05, 3.63) is 59.2 Å². The molecule has 0 spiro atoms. The van der Waals surface area contributed by atoms with Crippen LogP contribution in [0.15, 0.2) is 42.5 Å². The van der Waals surface area contributed by atoms with Gasteiger partial charge in [0.1, 0.15) is 11.5 Å². The topological polar surface area (TPSA) is 71.6 Å². The van der Waals surface area contributed by atoms with Crippen LogP contribution in [0.3, 0.4) is 0 Å². The van der Waals surface area contributed by atoms with E-state index in [9.17, 15) is 4.79 Å². The van der Waals surface area contributed by atoms with E-state index in [2.05, 4.69) is 16.2 Å². The molecule has 0 radical (unpaired) electrons. The Morgan fingerprint density at radius 2 is 1.65 bits per heavy atom. The maximum absolute atomic E-state index is 11.8. The molecule has 1 amide bonds. The summed E-state index contributed by atoms with van der Waals surface area (Å²) < 4.78 is 10.6. The number of ether oxygens (including phenoxy) is 2. The predicted molar refractivity (Wildman–Crippen MR) is 105 cm³/mol. The third kappa shape index (κ3) is 6.60. The van der Waals surface area contributed by atoms with Crippen molar-refractivity contribution in [1.82, 2.24) is 16.2 Å². The van der Waals surface area contributed by atoms with Crippen molar-refractivity contribution in [2.45, 2.75) is 20.4 Å². The smallest absolute Gasteiger partial charge is 0.276 e. The third-order valence-corrected chi connectivity index (χ3v) is 3.74. The third-order valence-electron chi connectivity index (χ3n) is 3.49. The van der Waals surface area contributed by atoms with E-state index < -0.39 is 0 Å². The zero-order valence-corrected chi connectivity index (χ0v) is 15.9. The molecule has 0 atom stereocenters. The molecular weight excluding hydrogens is 350 g/mol. The number of methoxy groups -OCH3 is 1. The highest BCUT2D eigenvalue weighted by atomic mass is 32.1. The van der Waals surface area contributed by atoms with E-state index in [4.69, 9.17) is 21.7 Å². The second kappa shape index (κ2) is 9.62. The first kappa shape index (κ1) is 19.5. The molecule has 0 bridgehead atoms. The molecule has 0 fully saturated rings. The second-order valence-corrected chi connectivity index (χ2v) is 6.22. The maximum atomic E-state index is 11.8. The molecule has 7 heteroatoms. The first-order valence-corrected chi connectivity index (χ1v) is 8.54. The Kier molecular flexibility index (Phi) is 7.23. The van der Waals surface area contributed by atoms with Gasteiger partial charge in [-0.15, -0.1) is 0 Å². The van der Waals surface area contributed by atoms with E-state index in [-0.39, 0.29) is 12.5 Å². The fourth-order valence-corrected chi connectivity index (χ4v) is 2.42. The number of hydrogen-bond acceptors (Lipinski definition) is 4. The van der Waals surface area contributed by atoms with Crippen molar-refractivity contribution in [2.75, 3.05) is 13.7 Å². The predicted octanol–water partition coefficient (Wildman–Crippen LogP) is 2.39. The van der Waals surface area contributed by atoms with Crippen LogP contribution in [0.4, 0.5) is 0 Å². The average molecular weight is 373 g/mol. The van der Waals surface area contributed by atoms with Gasteiger partial charge in [0.25, 0.3) is 5.91 Å². The Hall–Kier alpha value is -2.80. The summed E-state index contributed by atoms with van der Waals surface area (Å²) >= 11 is 5.13. The minimum atomic E-state index is -0.322. The Labute approximate surface area is 158 Å². The van der Waals surface area contributed by atoms with Gasteiger partial charge in [0.2, 0.25) is 0 Å². The summed E-state index contributed by atoms with van der Waals surface area (Å²) in [6.07, 6.45) is 0. The van der Waals surface area contributed by atoms with Gasteiger partial charge in [-0.1, -0.05) is 18.2 Å². The number of amides is 1. The molecule has 0 heterocycles. The molecule has 0 aliphatic heterocycles. The normalized spacial score (nSPS) is 9.96. The van der Waals surface area contributed by atoms with Crippen molar-refractivity contribution < 1.29 is 14.3 Å². The van der Waals surface area contributed by atoms with Crippen molar-refractivity contribution in [1.29, 1.82) is 0 Å². The molecule has 0 aliphatic carbocycles. The highest BCUT2D eigenvalue weighted by molar-refractivity contribution is 7.80. The van der Waals surface area contributed by atoms with Gasteiger partial charge in [-0.25, -0.2) is 0 Å². The summed E-state index contributed by atoms with van der Waals surface area (Å²) in [4.78, 5) is 11.8. The van der Waals surface area contributed by atoms with Crippen molar-refractivity contribution in [2.24, 2.45) is 0 Å². The number of thiocarbonyl (C=S) groups is 1. The number of carbonyl (C=O) groups is 1. The van der Waals surface area contributed by atoms with Crippen molar-refractivity contribution >= 4 is 23.2 Å². The molecule has 0 unspecified atom stereocenters. The van der Waals surface area contributed by atoms with Gasteiger partial charge >= 0.3 is 0 Å². The van der Waals surface area contributed by atoms with Crippen LogP contribution in [-0.2, 0) is 11.3 Å². The minimum Gasteiger partial charge on any atom is -0.497 e. The number of aryl methyl sites for hydroxylation is 2. The summed E-state index contributed by atoms with van der Waals surface area (Å²) in [5.41, 5.74) is 8.36. The van der Waals surface area contributed by atoms with Crippen LogP contribution >= 0.6 is 12.2 Å². The molecule has 2 aromatic rings. The number of hydrazine groups is 1. The quantitative estimate of drug-likeness (QED) is 0.533. The second-order valence-electron chi connectivity index (χ2n) is 5.82. The molecule has 2 aromatic carbocycles. The van der Waals surface area contributed by atoms with Crippen LogP contribution in [-0.4, -0.2) is 24.7 Å². The van der Waals surface area contributed by atoms with E-state index in [0.717, 1.165) is 22.4 Å². The summed E-state index contributed by atoms with van der Waals surface area (Å²) in [6.45, 7) is 4.39. The maximum Gasteiger partial charge on any atom is 0.276 e. The lowest BCUT2D eigenvalue weighted by Gasteiger charge is -2.12. The van der Waals surface area contributed by atoms with E-state index in [1.54, 1.807) is 7.11 Å². The molecule has 3 N–H and O–H groups in total. The average Bonchev–Trinajstić information content (AvgIpc) is 2.62. The van der Waals surface area contributed by atoms with Gasteiger partial charge in [0.05, 0.1) is 7.11 Å². The lowest BCUT2D eigenvalue weighted by Crippen LogP contribution is -2.48. The molecule has 0 aromatic heterocycles. The molecule has 0 saturated carbocycles. The number of rotatable bonds is 6. The van der Waals surface area contributed by atoms with Crippen LogP contribution in [0.25, 0.3) is 0 Å². The van der Waals surface area contributed by atoms with Crippen LogP contribution in [0.1, 0.15) is 16.7 Å². The Balaban J connectivity index is 1.68. The molecule has 2 rings (SSSR count). The number of nitrogens with one attached hydrogen (secondary N) is 3. The number of benzene rings is 2. The van der Waals surface area contributed by atoms with Gasteiger partial charge in [0.15, 0.2) is 11.7 Å². The molecular formula is C19H23N3O3S. The first-order chi connectivity index (χ1) is 12.5. The summed E-state index contributed by atoms with van der Waals surface area (Å²) in [5, 5.41) is 3.32. The number of hydrogen-bond donors (Lipinski definition) is 3. The lowest BCUT2D eigenvalue weighted by molar-refractivity contribution is -0.123. The lowest BCUT2D eigenvalue weighted by atomic mass is 10.1. The molecule has 6 nitrogen and oxygen atoms in total. The highest BCUT2D eigenvalue weighted by Gasteiger charge is 2.04. The number of carbonyl (C=O) groups excluding carboxylic acids is 1. The van der Waals surface area contributed by atoms with E-state index in [1.807, 2.05) is 56.3 Å². The Morgan fingerprint density at radius 3 is 2.27 bits per heavy atom. The van der Waals surface area contributed by atoms with E-state index in [1.165, 1.54) is 0 Å². The fourth-order valence-electron chi connectivity index (χ4n) is 2.30. The largest absolute Gasteiger partial charge is 0.497 e. The summed E-state index contributed by atoms with van der Waals surface area (Å²) in [6, 6.07) is 13.4.